The Bertz CT molecular complexity index is 1260. The van der Waals surface area contributed by atoms with Crippen LogP contribution >= 0.6 is 11.6 Å². The highest BCUT2D eigenvalue weighted by molar-refractivity contribution is 6.32. The summed E-state index contributed by atoms with van der Waals surface area (Å²) in [4.78, 5) is 32.3. The van der Waals surface area contributed by atoms with Crippen molar-refractivity contribution in [1.82, 2.24) is 0 Å². The summed E-state index contributed by atoms with van der Waals surface area (Å²) >= 11 is 6.37. The summed E-state index contributed by atoms with van der Waals surface area (Å²) in [5.41, 5.74) is 3.58. The third kappa shape index (κ3) is 5.04. The summed E-state index contributed by atoms with van der Waals surface area (Å²) < 4.78 is 11.4. The van der Waals surface area contributed by atoms with Crippen LogP contribution in [0.15, 0.2) is 58.7 Å². The van der Waals surface area contributed by atoms with E-state index in [0.717, 1.165) is 37.7 Å². The van der Waals surface area contributed by atoms with Gasteiger partial charge in [-0.25, -0.2) is 0 Å². The van der Waals surface area contributed by atoms with E-state index in [9.17, 15) is 14.7 Å². The largest absolute Gasteiger partial charge is 0.503 e. The van der Waals surface area contributed by atoms with Gasteiger partial charge in [0.1, 0.15) is 12.0 Å². The summed E-state index contributed by atoms with van der Waals surface area (Å²) in [5, 5.41) is 10.5. The third-order valence-corrected chi connectivity index (χ3v) is 8.17. The number of nitrogens with zero attached hydrogens (tertiary/aromatic N) is 1. The SMILES string of the molecule is COc1cc([C@@H]2C3=C(C[C@@H](c4ccccc4)CC3=O)N=C(C)C2C(=O)OC2CCCCC2)cc(Cl)c1O. The van der Waals surface area contributed by atoms with E-state index >= 15 is 0 Å². The number of carbonyl (C=O) groups is 2. The first-order chi connectivity index (χ1) is 17.9. The maximum absolute atomic E-state index is 13.8. The van der Waals surface area contributed by atoms with Gasteiger partial charge in [0, 0.05) is 29.3 Å². The van der Waals surface area contributed by atoms with Crippen molar-refractivity contribution in [1.29, 1.82) is 0 Å². The van der Waals surface area contributed by atoms with Crippen molar-refractivity contribution in [3.8, 4) is 11.5 Å². The maximum atomic E-state index is 13.8. The number of Topliss-reactive ketones (excluding diaryl/α,β-unsaturated/α-hetero) is 1. The number of phenols is 1. The lowest BCUT2D eigenvalue weighted by Gasteiger charge is -2.37. The van der Waals surface area contributed by atoms with E-state index in [1.807, 2.05) is 37.3 Å². The van der Waals surface area contributed by atoms with Crippen LogP contribution < -0.4 is 4.74 Å². The fourth-order valence-electron chi connectivity index (χ4n) is 6.04. The second kappa shape index (κ2) is 10.7. The molecule has 1 aliphatic heterocycles. The summed E-state index contributed by atoms with van der Waals surface area (Å²) in [5.74, 6) is -1.75. The van der Waals surface area contributed by atoms with Gasteiger partial charge in [0.15, 0.2) is 17.3 Å². The van der Waals surface area contributed by atoms with Gasteiger partial charge in [-0.1, -0.05) is 48.4 Å². The smallest absolute Gasteiger partial charge is 0.315 e. The Hall–Kier alpha value is -3.12. The fourth-order valence-corrected chi connectivity index (χ4v) is 6.25. The predicted molar refractivity (Wildman–Crippen MR) is 142 cm³/mol. The number of aliphatic imine (C=N–C) groups is 1. The van der Waals surface area contributed by atoms with Gasteiger partial charge < -0.3 is 14.6 Å². The van der Waals surface area contributed by atoms with Crippen molar-refractivity contribution in [2.45, 2.75) is 69.8 Å². The molecule has 1 fully saturated rings. The van der Waals surface area contributed by atoms with Crippen LogP contribution in [0.4, 0.5) is 0 Å². The molecule has 2 aliphatic carbocycles. The number of ether oxygens (including phenoxy) is 2. The van der Waals surface area contributed by atoms with Crippen LogP contribution in [-0.2, 0) is 14.3 Å². The van der Waals surface area contributed by atoms with Crippen molar-refractivity contribution in [2.24, 2.45) is 10.9 Å². The van der Waals surface area contributed by atoms with Crippen LogP contribution in [0, 0.1) is 5.92 Å². The molecule has 1 unspecified atom stereocenters. The van der Waals surface area contributed by atoms with Gasteiger partial charge in [0.2, 0.25) is 0 Å². The summed E-state index contributed by atoms with van der Waals surface area (Å²) in [7, 11) is 1.44. The van der Waals surface area contributed by atoms with E-state index in [4.69, 9.17) is 26.1 Å². The van der Waals surface area contributed by atoms with Gasteiger partial charge in [0.25, 0.3) is 0 Å². The molecule has 0 saturated heterocycles. The number of hydrogen-bond acceptors (Lipinski definition) is 6. The van der Waals surface area contributed by atoms with E-state index in [1.54, 1.807) is 12.1 Å². The molecule has 0 amide bonds. The minimum Gasteiger partial charge on any atom is -0.503 e. The van der Waals surface area contributed by atoms with Gasteiger partial charge in [0.05, 0.1) is 12.1 Å². The molecule has 194 valence electrons. The topological polar surface area (TPSA) is 85.2 Å². The molecule has 2 aromatic carbocycles. The molecule has 1 saturated carbocycles. The Morgan fingerprint density at radius 1 is 1.05 bits per heavy atom. The number of methoxy groups -OCH3 is 1. The zero-order valence-corrected chi connectivity index (χ0v) is 22.0. The zero-order chi connectivity index (χ0) is 26.1. The second-order valence-electron chi connectivity index (χ2n) is 10.3. The lowest BCUT2D eigenvalue weighted by Crippen LogP contribution is -2.39. The first kappa shape index (κ1) is 25.5. The van der Waals surface area contributed by atoms with Crippen molar-refractivity contribution in [3.05, 3.63) is 69.9 Å². The molecule has 6 nitrogen and oxygen atoms in total. The quantitative estimate of drug-likeness (QED) is 0.453. The second-order valence-corrected chi connectivity index (χ2v) is 10.7. The van der Waals surface area contributed by atoms with Gasteiger partial charge in [-0.2, -0.15) is 0 Å². The molecule has 3 aliphatic rings. The van der Waals surface area contributed by atoms with E-state index in [1.165, 1.54) is 7.11 Å². The Balaban J connectivity index is 1.58. The molecular weight excluding hydrogens is 490 g/mol. The molecule has 1 heterocycles. The minimum atomic E-state index is -0.761. The van der Waals surface area contributed by atoms with Gasteiger partial charge >= 0.3 is 5.97 Å². The first-order valence-corrected chi connectivity index (χ1v) is 13.4. The fraction of sp³-hybridized carbons (Fsp3) is 0.433. The number of halogens is 1. The number of phenolic OH excluding ortho intramolecular Hbond substituents is 1. The number of carbonyl (C=O) groups excluding carboxylic acids is 2. The van der Waals surface area contributed by atoms with Gasteiger partial charge in [-0.15, -0.1) is 0 Å². The highest BCUT2D eigenvalue weighted by atomic mass is 35.5. The van der Waals surface area contributed by atoms with E-state index < -0.39 is 11.8 Å². The zero-order valence-electron chi connectivity index (χ0n) is 21.2. The van der Waals surface area contributed by atoms with E-state index in [2.05, 4.69) is 0 Å². The molecule has 0 bridgehead atoms. The van der Waals surface area contributed by atoms with Crippen LogP contribution in [-0.4, -0.2) is 35.8 Å². The molecule has 3 atom stereocenters. The van der Waals surface area contributed by atoms with Crippen molar-refractivity contribution < 1.29 is 24.2 Å². The standard InChI is InChI=1S/C30H32ClNO5/c1-17-26(30(35)37-21-11-7-4-8-12-21)27(20-13-22(31)29(34)25(16-20)36-2)28-23(32-17)14-19(15-24(28)33)18-9-5-3-6-10-18/h3,5-6,9-10,13,16,19,21,26-27,34H,4,7-8,11-12,14-15H2,1-2H3/t19-,26?,27+/m1/s1. The monoisotopic (exact) mass is 521 g/mol. The van der Waals surface area contributed by atoms with Gasteiger partial charge in [-0.3, -0.25) is 14.6 Å². The molecule has 37 heavy (non-hydrogen) atoms. The Morgan fingerprint density at radius 3 is 2.49 bits per heavy atom. The highest BCUT2D eigenvalue weighted by Crippen LogP contribution is 2.49. The molecule has 2 aromatic rings. The third-order valence-electron chi connectivity index (χ3n) is 7.88. The Labute approximate surface area is 222 Å². The van der Waals surface area contributed by atoms with E-state index in [-0.39, 0.29) is 40.3 Å². The predicted octanol–water partition coefficient (Wildman–Crippen LogP) is 6.51. The van der Waals surface area contributed by atoms with Crippen molar-refractivity contribution in [2.75, 3.05) is 7.11 Å². The van der Waals surface area contributed by atoms with Crippen LogP contribution in [0.2, 0.25) is 5.02 Å². The van der Waals surface area contributed by atoms with Crippen LogP contribution in [0.3, 0.4) is 0 Å². The number of aromatic hydroxyl groups is 1. The highest BCUT2D eigenvalue weighted by Gasteiger charge is 2.45. The lowest BCUT2D eigenvalue weighted by molar-refractivity contribution is -0.153. The van der Waals surface area contributed by atoms with Crippen LogP contribution in [0.1, 0.15) is 74.8 Å². The maximum Gasteiger partial charge on any atom is 0.315 e. The summed E-state index contributed by atoms with van der Waals surface area (Å²) in [6, 6.07) is 13.3. The lowest BCUT2D eigenvalue weighted by atomic mass is 9.69. The average molecular weight is 522 g/mol. The first-order valence-electron chi connectivity index (χ1n) is 13.0. The minimum absolute atomic E-state index is 0.0216. The normalized spacial score (nSPS) is 24.4. The molecule has 0 aromatic heterocycles. The summed E-state index contributed by atoms with van der Waals surface area (Å²) in [6.07, 6.45) is 5.75. The Morgan fingerprint density at radius 2 is 1.78 bits per heavy atom. The molecular formula is C30H32ClNO5. The number of allylic oxidation sites excluding steroid dienone is 2. The Kier molecular flexibility index (Phi) is 7.38. The van der Waals surface area contributed by atoms with Crippen molar-refractivity contribution in [3.63, 3.8) is 0 Å². The molecule has 0 radical (unpaired) electrons. The summed E-state index contributed by atoms with van der Waals surface area (Å²) in [6.45, 7) is 1.83. The average Bonchev–Trinajstić information content (AvgIpc) is 2.90. The van der Waals surface area contributed by atoms with E-state index in [0.29, 0.717) is 35.4 Å². The van der Waals surface area contributed by atoms with Gasteiger partial charge in [-0.05, 0) is 68.2 Å². The number of benzene rings is 2. The van der Waals surface area contributed by atoms with Crippen molar-refractivity contribution >= 4 is 29.1 Å². The number of rotatable bonds is 5. The van der Waals surface area contributed by atoms with Crippen LogP contribution in [0.5, 0.6) is 11.5 Å². The molecule has 5 rings (SSSR count). The van der Waals surface area contributed by atoms with Crippen LogP contribution in [0.25, 0.3) is 0 Å². The number of ketones is 1. The number of esters is 1. The molecule has 7 heteroatoms. The molecule has 0 spiro atoms. The molecule has 1 N–H and O–H groups in total. The number of hydrogen-bond donors (Lipinski definition) is 1.